The topological polar surface area (TPSA) is 79.7 Å². The molecular weight excluding hydrogens is 532 g/mol. The quantitative estimate of drug-likeness (QED) is 0.133. The van der Waals surface area contributed by atoms with E-state index in [-0.39, 0.29) is 11.3 Å². The molecule has 41 heavy (non-hydrogen) atoms. The number of nitrogens with zero attached hydrogens (tertiary/aromatic N) is 2. The number of ketones is 1. The fourth-order valence-electron chi connectivity index (χ4n) is 5.09. The summed E-state index contributed by atoms with van der Waals surface area (Å²) in [6.07, 6.45) is 0. The van der Waals surface area contributed by atoms with Crippen LogP contribution in [0.3, 0.4) is 0 Å². The summed E-state index contributed by atoms with van der Waals surface area (Å²) in [5.74, 6) is -1.01. The molecule has 2 heterocycles. The van der Waals surface area contributed by atoms with Crippen molar-refractivity contribution in [1.29, 1.82) is 0 Å². The van der Waals surface area contributed by atoms with Gasteiger partial charge < -0.3 is 9.84 Å². The number of thiazole rings is 1. The van der Waals surface area contributed by atoms with E-state index in [1.54, 1.807) is 0 Å². The number of aliphatic hydroxyl groups excluding tert-OH is 1. The predicted octanol–water partition coefficient (Wildman–Crippen LogP) is 7.43. The summed E-state index contributed by atoms with van der Waals surface area (Å²) in [6, 6.07) is 27.9. The Balaban J connectivity index is 1.45. The largest absolute Gasteiger partial charge is 0.507 e. The Kier molecular flexibility index (Phi) is 6.89. The lowest BCUT2D eigenvalue weighted by Gasteiger charge is -2.23. The van der Waals surface area contributed by atoms with E-state index >= 15 is 0 Å². The normalized spacial score (nSPS) is 16.5. The monoisotopic (exact) mass is 560 g/mol. The lowest BCUT2D eigenvalue weighted by Crippen LogP contribution is -2.29. The van der Waals surface area contributed by atoms with Crippen molar-refractivity contribution >= 4 is 44.1 Å². The fraction of sp³-hybridized carbons (Fsp3) is 0.147. The molecule has 0 aliphatic carbocycles. The molecule has 1 amide bonds. The van der Waals surface area contributed by atoms with Gasteiger partial charge in [-0.05, 0) is 73.4 Å². The van der Waals surface area contributed by atoms with Crippen LogP contribution in [0.25, 0.3) is 16.0 Å². The average Bonchev–Trinajstić information content (AvgIpc) is 3.51. The smallest absolute Gasteiger partial charge is 0.301 e. The van der Waals surface area contributed by atoms with Gasteiger partial charge in [0.2, 0.25) is 0 Å². The number of fused-ring (bicyclic) bond motifs is 1. The number of amides is 1. The van der Waals surface area contributed by atoms with Crippen LogP contribution in [0.2, 0.25) is 0 Å². The van der Waals surface area contributed by atoms with E-state index in [2.05, 4.69) is 0 Å². The van der Waals surface area contributed by atoms with Crippen molar-refractivity contribution in [3.05, 3.63) is 130 Å². The molecule has 1 aliphatic heterocycles. The maximum absolute atomic E-state index is 13.6. The number of anilines is 1. The van der Waals surface area contributed by atoms with Crippen LogP contribution in [0.5, 0.6) is 5.75 Å². The number of benzene rings is 4. The molecule has 6 nitrogen and oxygen atoms in total. The van der Waals surface area contributed by atoms with Crippen molar-refractivity contribution in [1.82, 2.24) is 4.98 Å². The summed E-state index contributed by atoms with van der Waals surface area (Å²) >= 11 is 1.35. The first-order valence-corrected chi connectivity index (χ1v) is 14.1. The minimum Gasteiger partial charge on any atom is -0.507 e. The van der Waals surface area contributed by atoms with Crippen LogP contribution >= 0.6 is 11.3 Å². The van der Waals surface area contributed by atoms with Gasteiger partial charge in [-0.15, -0.1) is 0 Å². The molecule has 1 unspecified atom stereocenters. The number of carbonyl (C=O) groups is 2. The zero-order valence-electron chi connectivity index (χ0n) is 22.9. The van der Waals surface area contributed by atoms with Gasteiger partial charge in [-0.2, -0.15) is 0 Å². The van der Waals surface area contributed by atoms with E-state index in [9.17, 15) is 14.7 Å². The van der Waals surface area contributed by atoms with Crippen molar-refractivity contribution in [3.8, 4) is 5.75 Å². The second kappa shape index (κ2) is 10.7. The van der Waals surface area contributed by atoms with Gasteiger partial charge in [-0.25, -0.2) is 4.98 Å². The number of carbonyl (C=O) groups excluding carboxylic acids is 2. The highest BCUT2D eigenvalue weighted by molar-refractivity contribution is 7.22. The first-order chi connectivity index (χ1) is 19.8. The second-order valence-corrected chi connectivity index (χ2v) is 11.3. The Morgan fingerprint density at radius 3 is 2.37 bits per heavy atom. The molecule has 1 aromatic heterocycles. The van der Waals surface area contributed by atoms with Gasteiger partial charge in [-0.3, -0.25) is 14.5 Å². The minimum absolute atomic E-state index is 0.0390. The molecule has 1 aliphatic rings. The summed E-state index contributed by atoms with van der Waals surface area (Å²) in [6.45, 7) is 6.20. The molecule has 1 atom stereocenters. The minimum atomic E-state index is -0.861. The molecule has 6 rings (SSSR count). The molecule has 0 spiro atoms. The third kappa shape index (κ3) is 5.00. The predicted molar refractivity (Wildman–Crippen MR) is 162 cm³/mol. The number of aromatic nitrogens is 1. The highest BCUT2D eigenvalue weighted by Crippen LogP contribution is 2.45. The van der Waals surface area contributed by atoms with Crippen molar-refractivity contribution in [2.24, 2.45) is 0 Å². The third-order valence-corrected chi connectivity index (χ3v) is 8.29. The van der Waals surface area contributed by atoms with Crippen LogP contribution < -0.4 is 9.64 Å². The second-order valence-electron chi connectivity index (χ2n) is 10.3. The van der Waals surface area contributed by atoms with E-state index in [1.807, 2.05) is 112 Å². The van der Waals surface area contributed by atoms with E-state index in [4.69, 9.17) is 9.72 Å². The van der Waals surface area contributed by atoms with Gasteiger partial charge >= 0.3 is 5.91 Å². The molecule has 0 saturated carbocycles. The molecule has 0 bridgehead atoms. The summed E-state index contributed by atoms with van der Waals surface area (Å²) in [5, 5.41) is 12.0. The van der Waals surface area contributed by atoms with Crippen molar-refractivity contribution in [2.45, 2.75) is 33.4 Å². The lowest BCUT2D eigenvalue weighted by molar-refractivity contribution is -0.132. The van der Waals surface area contributed by atoms with Crippen molar-refractivity contribution < 1.29 is 19.4 Å². The average molecular weight is 561 g/mol. The van der Waals surface area contributed by atoms with Crippen LogP contribution in [-0.2, 0) is 16.2 Å². The van der Waals surface area contributed by atoms with Crippen molar-refractivity contribution in [3.63, 3.8) is 0 Å². The highest BCUT2D eigenvalue weighted by atomic mass is 32.1. The first kappa shape index (κ1) is 26.5. The van der Waals surface area contributed by atoms with Gasteiger partial charge in [0.1, 0.15) is 18.1 Å². The zero-order chi connectivity index (χ0) is 28.7. The van der Waals surface area contributed by atoms with Crippen molar-refractivity contribution in [2.75, 3.05) is 4.90 Å². The molecule has 4 aromatic carbocycles. The lowest BCUT2D eigenvalue weighted by atomic mass is 9.93. The number of hydrogen-bond acceptors (Lipinski definition) is 6. The molecule has 204 valence electrons. The summed E-state index contributed by atoms with van der Waals surface area (Å²) in [5.41, 5.74) is 5.83. The van der Waals surface area contributed by atoms with E-state index < -0.39 is 17.7 Å². The maximum atomic E-state index is 13.6. The molecule has 7 heteroatoms. The molecule has 1 saturated heterocycles. The maximum Gasteiger partial charge on any atom is 0.301 e. The first-order valence-electron chi connectivity index (χ1n) is 13.3. The van der Waals surface area contributed by atoms with Gasteiger partial charge in [-0.1, -0.05) is 77.6 Å². The molecule has 5 aromatic rings. The van der Waals surface area contributed by atoms with Crippen LogP contribution in [0.4, 0.5) is 5.13 Å². The SMILES string of the molecule is Cc1ccc(C)c(/C(O)=C2\C(=O)C(=O)N(c3nc4ccc(C)cc4s3)C2c2ccc(OCc3ccccc3)cc2)c1. The van der Waals surface area contributed by atoms with Gasteiger partial charge in [0.15, 0.2) is 5.13 Å². The standard InChI is InChI=1S/C34H28N2O4S/c1-20-9-11-22(3)26(17-20)31(37)29-30(24-12-14-25(15-13-24)40-19-23-7-5-4-6-8-23)36(33(39)32(29)38)34-35-27-16-10-21(2)18-28(27)41-34/h4-18,30,37H,19H2,1-3H3/b31-29+. The molecular formula is C34H28N2O4S. The number of aliphatic hydroxyl groups is 1. The number of rotatable bonds is 6. The Morgan fingerprint density at radius 1 is 0.902 bits per heavy atom. The molecule has 0 radical (unpaired) electrons. The Bertz CT molecular complexity index is 1820. The van der Waals surface area contributed by atoms with E-state index in [0.29, 0.717) is 28.6 Å². The zero-order valence-corrected chi connectivity index (χ0v) is 23.7. The van der Waals surface area contributed by atoms with Crippen LogP contribution in [0, 0.1) is 20.8 Å². The Morgan fingerprint density at radius 2 is 1.61 bits per heavy atom. The Labute approximate surface area is 242 Å². The molecule has 1 N–H and O–H groups in total. The fourth-order valence-corrected chi connectivity index (χ4v) is 6.18. The highest BCUT2D eigenvalue weighted by Gasteiger charge is 2.48. The van der Waals surface area contributed by atoms with Gasteiger partial charge in [0.05, 0.1) is 21.8 Å². The summed E-state index contributed by atoms with van der Waals surface area (Å²) < 4.78 is 6.88. The third-order valence-electron chi connectivity index (χ3n) is 7.28. The Hall–Kier alpha value is -4.75. The number of ether oxygens (including phenoxy) is 1. The van der Waals surface area contributed by atoms with Crippen LogP contribution in [-0.4, -0.2) is 21.8 Å². The van der Waals surface area contributed by atoms with Gasteiger partial charge in [0.25, 0.3) is 5.78 Å². The molecule has 1 fully saturated rings. The number of Topliss-reactive ketones (excluding diaryl/α,β-unsaturated/α-hetero) is 1. The van der Waals surface area contributed by atoms with E-state index in [0.717, 1.165) is 32.5 Å². The van der Waals surface area contributed by atoms with Crippen LogP contribution in [0.1, 0.15) is 39.4 Å². The van der Waals surface area contributed by atoms with Gasteiger partial charge in [0, 0.05) is 5.56 Å². The van der Waals surface area contributed by atoms with Crippen LogP contribution in [0.15, 0.2) is 96.6 Å². The number of aryl methyl sites for hydroxylation is 3. The number of hydrogen-bond donors (Lipinski definition) is 1. The van der Waals surface area contributed by atoms with E-state index in [1.165, 1.54) is 16.2 Å². The summed E-state index contributed by atoms with van der Waals surface area (Å²) in [4.78, 5) is 33.4. The summed E-state index contributed by atoms with van der Waals surface area (Å²) in [7, 11) is 0.